The molecule has 0 fully saturated rings. The van der Waals surface area contributed by atoms with Crippen LogP contribution in [-0.4, -0.2) is 44.2 Å². The monoisotopic (exact) mass is 172 g/mol. The maximum absolute atomic E-state index is 10.4. The van der Waals surface area contributed by atoms with E-state index in [1.165, 1.54) is 6.20 Å². The van der Waals surface area contributed by atoms with E-state index in [1.807, 2.05) is 0 Å². The Kier molecular flexibility index (Phi) is 2.59. The van der Waals surface area contributed by atoms with Gasteiger partial charge in [0.1, 0.15) is 6.04 Å². The Bertz CT molecular complexity index is 247. The van der Waals surface area contributed by atoms with Gasteiger partial charge in [0.15, 0.2) is 5.82 Å². The normalized spacial score (nSPS) is 12.4. The minimum Gasteiger partial charge on any atom is -0.480 e. The lowest BCUT2D eigenvalue weighted by atomic mass is 10.3. The van der Waals surface area contributed by atoms with E-state index in [-0.39, 0.29) is 5.82 Å². The average molecular weight is 172 g/mol. The molecule has 1 rings (SSSR count). The predicted octanol–water partition coefficient (Wildman–Crippen LogP) is -1.34. The van der Waals surface area contributed by atoms with Gasteiger partial charge in [0.05, 0.1) is 12.8 Å². The molecule has 0 saturated carbocycles. The predicted molar refractivity (Wildman–Crippen MR) is 38.5 cm³/mol. The molecule has 0 radical (unpaired) electrons. The number of aromatic nitrogens is 3. The minimum absolute atomic E-state index is 0.288. The van der Waals surface area contributed by atoms with Crippen molar-refractivity contribution < 1.29 is 15.0 Å². The van der Waals surface area contributed by atoms with E-state index in [4.69, 9.17) is 10.2 Å². The molecule has 0 aliphatic heterocycles. The topological polar surface area (TPSA) is 111 Å². The standard InChI is InChI=1S/C5H8N4O3/c10-2-3(5(11)12)7-4-1-6-9-8-4/h1,3,10H,2H2,(H,11,12)(H2,6,7,8,9)/t3-/m0/s1. The molecule has 1 atom stereocenters. The van der Waals surface area contributed by atoms with Crippen LogP contribution in [0, 0.1) is 0 Å². The quantitative estimate of drug-likeness (QED) is 0.447. The van der Waals surface area contributed by atoms with Crippen molar-refractivity contribution in [3.05, 3.63) is 6.20 Å². The molecule has 66 valence electrons. The zero-order valence-corrected chi connectivity index (χ0v) is 6.06. The first kappa shape index (κ1) is 8.47. The number of hydrogen-bond acceptors (Lipinski definition) is 5. The van der Waals surface area contributed by atoms with Crippen molar-refractivity contribution in [2.24, 2.45) is 0 Å². The van der Waals surface area contributed by atoms with E-state index < -0.39 is 18.6 Å². The number of rotatable bonds is 4. The van der Waals surface area contributed by atoms with E-state index in [2.05, 4.69) is 20.7 Å². The summed E-state index contributed by atoms with van der Waals surface area (Å²) in [5.41, 5.74) is 0. The lowest BCUT2D eigenvalue weighted by Crippen LogP contribution is -2.32. The number of aliphatic hydroxyl groups excluding tert-OH is 1. The van der Waals surface area contributed by atoms with Crippen LogP contribution in [0.5, 0.6) is 0 Å². The van der Waals surface area contributed by atoms with Crippen LogP contribution in [0.15, 0.2) is 6.20 Å². The molecule has 1 heterocycles. The smallest absolute Gasteiger partial charge is 0.328 e. The van der Waals surface area contributed by atoms with Crippen molar-refractivity contribution in [3.63, 3.8) is 0 Å². The molecule has 0 aromatic carbocycles. The second-order valence-electron chi connectivity index (χ2n) is 2.07. The SMILES string of the molecule is O=C(O)[C@H](CO)Nc1cn[nH]n1. The lowest BCUT2D eigenvalue weighted by Gasteiger charge is -2.08. The van der Waals surface area contributed by atoms with Gasteiger partial charge in [-0.15, -0.1) is 5.10 Å². The highest BCUT2D eigenvalue weighted by Gasteiger charge is 2.16. The van der Waals surface area contributed by atoms with Crippen molar-refractivity contribution in [2.75, 3.05) is 11.9 Å². The molecule has 1 aromatic heterocycles. The first-order valence-electron chi connectivity index (χ1n) is 3.20. The van der Waals surface area contributed by atoms with Gasteiger partial charge in [0.25, 0.3) is 0 Å². The van der Waals surface area contributed by atoms with Crippen LogP contribution in [0.1, 0.15) is 0 Å². The minimum atomic E-state index is -1.14. The fourth-order valence-electron chi connectivity index (χ4n) is 0.635. The van der Waals surface area contributed by atoms with Crippen molar-refractivity contribution in [1.82, 2.24) is 15.4 Å². The van der Waals surface area contributed by atoms with Crippen molar-refractivity contribution >= 4 is 11.8 Å². The van der Waals surface area contributed by atoms with Crippen molar-refractivity contribution in [3.8, 4) is 0 Å². The van der Waals surface area contributed by atoms with E-state index in [0.717, 1.165) is 0 Å². The molecule has 0 saturated heterocycles. The number of aromatic amines is 1. The van der Waals surface area contributed by atoms with Crippen LogP contribution in [0.2, 0.25) is 0 Å². The number of nitrogens with zero attached hydrogens (tertiary/aromatic N) is 2. The number of nitrogens with one attached hydrogen (secondary N) is 2. The summed E-state index contributed by atoms with van der Waals surface area (Å²) in [7, 11) is 0. The van der Waals surface area contributed by atoms with Crippen LogP contribution in [0.4, 0.5) is 5.82 Å². The van der Waals surface area contributed by atoms with Gasteiger partial charge in [0.2, 0.25) is 0 Å². The molecule has 0 amide bonds. The molecule has 1 aromatic rings. The van der Waals surface area contributed by atoms with Gasteiger partial charge >= 0.3 is 5.97 Å². The van der Waals surface area contributed by atoms with Crippen LogP contribution in [0.3, 0.4) is 0 Å². The van der Waals surface area contributed by atoms with Gasteiger partial charge in [-0.3, -0.25) is 0 Å². The summed E-state index contributed by atoms with van der Waals surface area (Å²) in [5, 5.41) is 28.9. The summed E-state index contributed by atoms with van der Waals surface area (Å²) in [6.07, 6.45) is 1.32. The summed E-state index contributed by atoms with van der Waals surface area (Å²) in [5.74, 6) is -0.850. The highest BCUT2D eigenvalue weighted by atomic mass is 16.4. The molecule has 0 aliphatic carbocycles. The molecule has 0 bridgehead atoms. The number of H-pyrrole nitrogens is 1. The fourth-order valence-corrected chi connectivity index (χ4v) is 0.635. The number of hydrogen-bond donors (Lipinski definition) is 4. The summed E-state index contributed by atoms with van der Waals surface area (Å²) in [6, 6.07) is -1.05. The Morgan fingerprint density at radius 3 is 3.00 bits per heavy atom. The third-order valence-electron chi connectivity index (χ3n) is 1.22. The van der Waals surface area contributed by atoms with Gasteiger partial charge in [-0.1, -0.05) is 0 Å². The van der Waals surface area contributed by atoms with E-state index in [0.29, 0.717) is 0 Å². The number of carbonyl (C=O) groups is 1. The Hall–Kier alpha value is -1.63. The van der Waals surface area contributed by atoms with Gasteiger partial charge < -0.3 is 15.5 Å². The van der Waals surface area contributed by atoms with E-state index in [9.17, 15) is 4.79 Å². The Labute approximate surface area is 67.4 Å². The highest BCUT2D eigenvalue weighted by Crippen LogP contribution is 1.99. The molecular weight excluding hydrogens is 164 g/mol. The number of anilines is 1. The second-order valence-corrected chi connectivity index (χ2v) is 2.07. The third-order valence-corrected chi connectivity index (χ3v) is 1.22. The number of carboxylic acids is 1. The summed E-state index contributed by atoms with van der Waals surface area (Å²) < 4.78 is 0. The zero-order chi connectivity index (χ0) is 8.97. The number of aliphatic carboxylic acids is 1. The maximum Gasteiger partial charge on any atom is 0.328 e. The van der Waals surface area contributed by atoms with Crippen LogP contribution in [0.25, 0.3) is 0 Å². The van der Waals surface area contributed by atoms with E-state index >= 15 is 0 Å². The second kappa shape index (κ2) is 3.67. The zero-order valence-electron chi connectivity index (χ0n) is 6.06. The average Bonchev–Trinajstić information content (AvgIpc) is 2.51. The third kappa shape index (κ3) is 1.92. The molecule has 0 spiro atoms. The maximum atomic E-state index is 10.4. The fraction of sp³-hybridized carbons (Fsp3) is 0.400. The Morgan fingerprint density at radius 1 is 1.83 bits per heavy atom. The first-order valence-corrected chi connectivity index (χ1v) is 3.20. The molecule has 4 N–H and O–H groups in total. The molecular formula is C5H8N4O3. The number of carboxylic acid groups (broad SMARTS) is 1. The van der Waals surface area contributed by atoms with Crippen LogP contribution < -0.4 is 5.32 Å². The van der Waals surface area contributed by atoms with Crippen molar-refractivity contribution in [2.45, 2.75) is 6.04 Å². The van der Waals surface area contributed by atoms with E-state index in [1.54, 1.807) is 0 Å². The molecule has 0 unspecified atom stereocenters. The van der Waals surface area contributed by atoms with Crippen molar-refractivity contribution in [1.29, 1.82) is 0 Å². The largest absolute Gasteiger partial charge is 0.480 e. The summed E-state index contributed by atoms with van der Waals surface area (Å²) in [4.78, 5) is 10.4. The Morgan fingerprint density at radius 2 is 2.58 bits per heavy atom. The molecule has 7 heteroatoms. The molecule has 0 aliphatic rings. The molecule has 12 heavy (non-hydrogen) atoms. The first-order chi connectivity index (χ1) is 5.74. The lowest BCUT2D eigenvalue weighted by molar-refractivity contribution is -0.138. The Balaban J connectivity index is 2.54. The van der Waals surface area contributed by atoms with Crippen LogP contribution in [-0.2, 0) is 4.79 Å². The van der Waals surface area contributed by atoms with Crippen LogP contribution >= 0.6 is 0 Å². The van der Waals surface area contributed by atoms with Gasteiger partial charge in [-0.05, 0) is 0 Å². The van der Waals surface area contributed by atoms with Gasteiger partial charge in [-0.25, -0.2) is 4.79 Å². The summed E-state index contributed by atoms with van der Waals surface area (Å²) >= 11 is 0. The van der Waals surface area contributed by atoms with Gasteiger partial charge in [0, 0.05) is 0 Å². The highest BCUT2D eigenvalue weighted by molar-refractivity contribution is 5.76. The summed E-state index contributed by atoms with van der Waals surface area (Å²) in [6.45, 7) is -0.498. The van der Waals surface area contributed by atoms with Gasteiger partial charge in [-0.2, -0.15) is 10.3 Å². The molecule has 7 nitrogen and oxygen atoms in total. The number of aliphatic hydroxyl groups is 1.